The first-order chi connectivity index (χ1) is 9.36. The summed E-state index contributed by atoms with van der Waals surface area (Å²) in [6, 6.07) is 0. The van der Waals surface area contributed by atoms with Gasteiger partial charge in [-0.05, 0) is 18.7 Å². The molecule has 0 radical (unpaired) electrons. The summed E-state index contributed by atoms with van der Waals surface area (Å²) in [5.74, 6) is 1.02. The Balaban J connectivity index is 2.02. The van der Waals surface area contributed by atoms with Gasteiger partial charge in [0.2, 0.25) is 0 Å². The van der Waals surface area contributed by atoms with Gasteiger partial charge in [-0.2, -0.15) is 0 Å². The lowest BCUT2D eigenvalue weighted by Crippen LogP contribution is -2.15. The van der Waals surface area contributed by atoms with Gasteiger partial charge in [-0.25, -0.2) is 9.97 Å². The fourth-order valence-electron chi connectivity index (χ4n) is 1.90. The number of hydrogen-bond donors (Lipinski definition) is 1. The second kappa shape index (κ2) is 11.2. The smallest absolute Gasteiger partial charge is 0.187 e. The maximum absolute atomic E-state index is 4.33. The van der Waals surface area contributed by atoms with Crippen LogP contribution in [0.5, 0.6) is 0 Å². The molecular weight excluding hydrogens is 254 g/mol. The summed E-state index contributed by atoms with van der Waals surface area (Å²) >= 11 is 1.68. The van der Waals surface area contributed by atoms with Crippen LogP contribution in [0.3, 0.4) is 0 Å². The van der Waals surface area contributed by atoms with Crippen molar-refractivity contribution in [3.05, 3.63) is 18.0 Å². The summed E-state index contributed by atoms with van der Waals surface area (Å²) in [5, 5.41) is 4.33. The van der Waals surface area contributed by atoms with Crippen molar-refractivity contribution in [3.8, 4) is 0 Å². The highest BCUT2D eigenvalue weighted by atomic mass is 32.2. The lowest BCUT2D eigenvalue weighted by molar-refractivity contribution is 0.571. The molecule has 1 rings (SSSR count). The van der Waals surface area contributed by atoms with Gasteiger partial charge in [-0.15, -0.1) is 0 Å². The average Bonchev–Trinajstić information content (AvgIpc) is 2.44. The van der Waals surface area contributed by atoms with E-state index in [0.29, 0.717) is 0 Å². The number of rotatable bonds is 11. The molecule has 0 bridgehead atoms. The minimum absolute atomic E-state index is 0.877. The Hall–Kier alpha value is -0.610. The molecule has 0 fully saturated rings. The number of nitrogens with zero attached hydrogens (tertiary/aromatic N) is 2. The van der Waals surface area contributed by atoms with Crippen LogP contribution in [0, 0.1) is 0 Å². The van der Waals surface area contributed by atoms with E-state index >= 15 is 0 Å². The molecule has 0 aromatic carbocycles. The molecule has 19 heavy (non-hydrogen) atoms. The van der Waals surface area contributed by atoms with Crippen molar-refractivity contribution < 1.29 is 0 Å². The molecule has 108 valence electrons. The Morgan fingerprint density at radius 3 is 2.37 bits per heavy atom. The first kappa shape index (κ1) is 16.4. The van der Waals surface area contributed by atoms with Crippen molar-refractivity contribution in [3.63, 3.8) is 0 Å². The van der Waals surface area contributed by atoms with Crippen LogP contribution in [-0.2, 0) is 6.54 Å². The maximum Gasteiger partial charge on any atom is 0.187 e. The van der Waals surface area contributed by atoms with Crippen molar-refractivity contribution in [2.75, 3.05) is 12.3 Å². The van der Waals surface area contributed by atoms with Crippen LogP contribution in [-0.4, -0.2) is 22.3 Å². The van der Waals surface area contributed by atoms with Crippen molar-refractivity contribution in [1.82, 2.24) is 15.3 Å². The van der Waals surface area contributed by atoms with Crippen LogP contribution in [0.15, 0.2) is 17.6 Å². The zero-order valence-corrected chi connectivity index (χ0v) is 13.1. The van der Waals surface area contributed by atoms with Crippen molar-refractivity contribution in [1.29, 1.82) is 0 Å². The number of nitrogens with one attached hydrogen (secondary N) is 1. The Morgan fingerprint density at radius 2 is 1.68 bits per heavy atom. The molecular formula is C15H27N3S. The van der Waals surface area contributed by atoms with E-state index in [1.54, 1.807) is 11.8 Å². The molecule has 1 aromatic rings. The van der Waals surface area contributed by atoms with Crippen LogP contribution >= 0.6 is 11.8 Å². The van der Waals surface area contributed by atoms with Crippen molar-refractivity contribution >= 4 is 11.8 Å². The molecule has 0 amide bonds. The third kappa shape index (κ3) is 8.22. The molecule has 0 aliphatic rings. The Bertz CT molecular complexity index is 314. The molecule has 3 nitrogen and oxygen atoms in total. The predicted molar refractivity (Wildman–Crippen MR) is 83.5 cm³/mol. The summed E-state index contributed by atoms with van der Waals surface area (Å²) in [5.41, 5.74) is 1.17. The molecule has 1 aromatic heterocycles. The zero-order chi connectivity index (χ0) is 13.8. The molecule has 0 saturated carbocycles. The third-order valence-corrected chi connectivity index (χ3v) is 3.75. The summed E-state index contributed by atoms with van der Waals surface area (Å²) in [7, 11) is 0. The largest absolute Gasteiger partial charge is 0.313 e. The monoisotopic (exact) mass is 281 g/mol. The summed E-state index contributed by atoms with van der Waals surface area (Å²) in [6.07, 6.45) is 11.9. The van der Waals surface area contributed by atoms with E-state index in [1.807, 2.05) is 12.4 Å². The van der Waals surface area contributed by atoms with E-state index in [-0.39, 0.29) is 0 Å². The van der Waals surface area contributed by atoms with Gasteiger partial charge in [0, 0.05) is 24.5 Å². The molecule has 1 heterocycles. The molecule has 0 aliphatic carbocycles. The van der Waals surface area contributed by atoms with Gasteiger partial charge in [0.1, 0.15) is 0 Å². The second-order valence-corrected chi connectivity index (χ2v) is 5.98. The standard InChI is InChI=1S/C15H27N3S/c1-3-5-6-7-8-9-10-16-11-14-12-17-15(18-13-14)19-4-2/h12-13,16H,3-11H2,1-2H3. The normalized spacial score (nSPS) is 10.8. The summed E-state index contributed by atoms with van der Waals surface area (Å²) in [6.45, 7) is 6.35. The quantitative estimate of drug-likeness (QED) is 0.377. The first-order valence-electron chi connectivity index (χ1n) is 7.51. The topological polar surface area (TPSA) is 37.8 Å². The average molecular weight is 281 g/mol. The summed E-state index contributed by atoms with van der Waals surface area (Å²) < 4.78 is 0. The molecule has 0 unspecified atom stereocenters. The van der Waals surface area contributed by atoms with Gasteiger partial charge < -0.3 is 5.32 Å². The highest BCUT2D eigenvalue weighted by molar-refractivity contribution is 7.99. The van der Waals surface area contributed by atoms with Gasteiger partial charge in [0.05, 0.1) is 0 Å². The van der Waals surface area contributed by atoms with Gasteiger partial charge >= 0.3 is 0 Å². The number of aromatic nitrogens is 2. The van der Waals surface area contributed by atoms with E-state index in [9.17, 15) is 0 Å². The first-order valence-corrected chi connectivity index (χ1v) is 8.49. The van der Waals surface area contributed by atoms with E-state index < -0.39 is 0 Å². The molecule has 0 atom stereocenters. The second-order valence-electron chi connectivity index (χ2n) is 4.75. The van der Waals surface area contributed by atoms with Crippen LogP contribution < -0.4 is 5.32 Å². The highest BCUT2D eigenvalue weighted by Gasteiger charge is 1.97. The number of thioether (sulfide) groups is 1. The lowest BCUT2D eigenvalue weighted by atomic mass is 10.1. The number of hydrogen-bond acceptors (Lipinski definition) is 4. The minimum Gasteiger partial charge on any atom is -0.313 e. The lowest BCUT2D eigenvalue weighted by Gasteiger charge is -2.05. The van der Waals surface area contributed by atoms with Crippen molar-refractivity contribution in [2.24, 2.45) is 0 Å². The van der Waals surface area contributed by atoms with Gasteiger partial charge in [-0.3, -0.25) is 0 Å². The highest BCUT2D eigenvalue weighted by Crippen LogP contribution is 2.10. The SMILES string of the molecule is CCCCCCCCNCc1cnc(SCC)nc1. The molecule has 0 aliphatic heterocycles. The zero-order valence-electron chi connectivity index (χ0n) is 12.3. The van der Waals surface area contributed by atoms with Gasteiger partial charge in [0.15, 0.2) is 5.16 Å². The Labute approximate surface area is 122 Å². The van der Waals surface area contributed by atoms with Gasteiger partial charge in [0.25, 0.3) is 0 Å². The summed E-state index contributed by atoms with van der Waals surface area (Å²) in [4.78, 5) is 8.66. The molecule has 0 spiro atoms. The van der Waals surface area contributed by atoms with Crippen LogP contribution in [0.4, 0.5) is 0 Å². The Kier molecular flexibility index (Phi) is 9.72. The fraction of sp³-hybridized carbons (Fsp3) is 0.733. The van der Waals surface area contributed by atoms with E-state index in [0.717, 1.165) is 24.0 Å². The Morgan fingerprint density at radius 1 is 1.00 bits per heavy atom. The van der Waals surface area contributed by atoms with Crippen LogP contribution in [0.1, 0.15) is 57.9 Å². The fourth-order valence-corrected chi connectivity index (χ4v) is 2.41. The van der Waals surface area contributed by atoms with Crippen molar-refractivity contribution in [2.45, 2.75) is 64.1 Å². The van der Waals surface area contributed by atoms with E-state index in [4.69, 9.17) is 0 Å². The van der Waals surface area contributed by atoms with E-state index in [1.165, 1.54) is 44.1 Å². The van der Waals surface area contributed by atoms with Crippen LogP contribution in [0.2, 0.25) is 0 Å². The van der Waals surface area contributed by atoms with Gasteiger partial charge in [-0.1, -0.05) is 57.7 Å². The predicted octanol–water partition coefficient (Wildman–Crippen LogP) is 4.04. The van der Waals surface area contributed by atoms with E-state index in [2.05, 4.69) is 29.1 Å². The minimum atomic E-state index is 0.877. The molecule has 4 heteroatoms. The molecule has 1 N–H and O–H groups in total. The number of unbranched alkanes of at least 4 members (excludes halogenated alkanes) is 5. The molecule has 0 saturated heterocycles. The van der Waals surface area contributed by atoms with Crippen LogP contribution in [0.25, 0.3) is 0 Å². The maximum atomic E-state index is 4.33. The third-order valence-electron chi connectivity index (χ3n) is 2.99.